The summed E-state index contributed by atoms with van der Waals surface area (Å²) in [6, 6.07) is 5.26. The molecule has 0 spiro atoms. The second kappa shape index (κ2) is 7.96. The predicted molar refractivity (Wildman–Crippen MR) is 89.6 cm³/mol. The molecule has 1 saturated carbocycles. The summed E-state index contributed by atoms with van der Waals surface area (Å²) in [6.07, 6.45) is 1.52. The van der Waals surface area contributed by atoms with Crippen molar-refractivity contribution in [3.63, 3.8) is 0 Å². The Hall–Kier alpha value is -2.35. The van der Waals surface area contributed by atoms with Crippen molar-refractivity contribution in [3.8, 4) is 5.75 Å². The lowest BCUT2D eigenvalue weighted by Crippen LogP contribution is -2.51. The maximum atomic E-state index is 11.4. The van der Waals surface area contributed by atoms with Crippen molar-refractivity contribution in [1.82, 2.24) is 4.90 Å². The van der Waals surface area contributed by atoms with Gasteiger partial charge < -0.3 is 15.2 Å². The number of carbonyl (C=O) groups is 1. The fourth-order valence-electron chi connectivity index (χ4n) is 3.00. The van der Waals surface area contributed by atoms with Crippen molar-refractivity contribution in [2.24, 2.45) is 0 Å². The fourth-order valence-corrected chi connectivity index (χ4v) is 3.00. The van der Waals surface area contributed by atoms with Gasteiger partial charge in [0.15, 0.2) is 5.75 Å². The molecule has 0 heterocycles. The summed E-state index contributed by atoms with van der Waals surface area (Å²) >= 11 is 0. The van der Waals surface area contributed by atoms with Gasteiger partial charge in [-0.05, 0) is 38.4 Å². The van der Waals surface area contributed by atoms with E-state index in [0.29, 0.717) is 18.8 Å². The molecule has 24 heavy (non-hydrogen) atoms. The van der Waals surface area contributed by atoms with E-state index < -0.39 is 10.9 Å². The van der Waals surface area contributed by atoms with Gasteiger partial charge in [0.2, 0.25) is 0 Å². The van der Waals surface area contributed by atoms with Crippen molar-refractivity contribution >= 4 is 17.3 Å². The van der Waals surface area contributed by atoms with Crippen LogP contribution in [0.4, 0.5) is 11.4 Å². The highest BCUT2D eigenvalue weighted by atomic mass is 16.6. The summed E-state index contributed by atoms with van der Waals surface area (Å²) < 4.78 is 5.34. The third-order valence-electron chi connectivity index (χ3n) is 4.22. The van der Waals surface area contributed by atoms with E-state index in [9.17, 15) is 14.9 Å². The van der Waals surface area contributed by atoms with Crippen LogP contribution >= 0.6 is 0 Å². The van der Waals surface area contributed by atoms with E-state index in [1.807, 2.05) is 11.8 Å². The normalized spacial score (nSPS) is 19.6. The van der Waals surface area contributed by atoms with E-state index in [4.69, 9.17) is 9.84 Å². The van der Waals surface area contributed by atoms with Crippen molar-refractivity contribution < 1.29 is 19.6 Å². The Bertz CT molecular complexity index is 601. The standard InChI is InChI=1S/C16H23N3O5/c1-3-18(10-15(20)21)12-8-11(9-12)17-13-6-5-7-14(24-4-2)16(13)19(22)23/h5-7,11-12,17H,3-4,8-10H2,1-2H3,(H,20,21). The zero-order valence-corrected chi connectivity index (χ0v) is 13.9. The maximum Gasteiger partial charge on any atom is 0.333 e. The Labute approximate surface area is 140 Å². The number of rotatable bonds is 9. The molecule has 8 nitrogen and oxygen atoms in total. The predicted octanol–water partition coefficient (Wildman–Crippen LogP) is 2.34. The van der Waals surface area contributed by atoms with Crippen LogP contribution in [0.25, 0.3) is 0 Å². The summed E-state index contributed by atoms with van der Waals surface area (Å²) in [6.45, 7) is 4.76. The van der Waals surface area contributed by atoms with Gasteiger partial charge in [-0.15, -0.1) is 0 Å². The summed E-state index contributed by atoms with van der Waals surface area (Å²) in [4.78, 5) is 23.7. The lowest BCUT2D eigenvalue weighted by atomic mass is 9.85. The van der Waals surface area contributed by atoms with Crippen LogP contribution in [-0.2, 0) is 4.79 Å². The van der Waals surface area contributed by atoms with Crippen LogP contribution < -0.4 is 10.1 Å². The number of carboxylic acids is 1. The van der Waals surface area contributed by atoms with Gasteiger partial charge in [0.05, 0.1) is 18.1 Å². The van der Waals surface area contributed by atoms with Crippen molar-refractivity contribution in [2.45, 2.75) is 38.8 Å². The number of anilines is 1. The molecule has 0 saturated heterocycles. The number of nitro groups is 1. The first-order valence-corrected chi connectivity index (χ1v) is 8.08. The summed E-state index contributed by atoms with van der Waals surface area (Å²) in [5, 5.41) is 23.5. The number of ether oxygens (including phenoxy) is 1. The molecule has 1 aromatic rings. The van der Waals surface area contributed by atoms with Crippen molar-refractivity contribution in [3.05, 3.63) is 28.3 Å². The largest absolute Gasteiger partial charge is 0.487 e. The fraction of sp³-hybridized carbons (Fsp3) is 0.562. The lowest BCUT2D eigenvalue weighted by Gasteiger charge is -2.42. The van der Waals surface area contributed by atoms with Gasteiger partial charge in [-0.1, -0.05) is 13.0 Å². The number of para-hydroxylation sites is 1. The SMILES string of the molecule is CCOc1cccc(NC2CC(N(CC)CC(=O)O)C2)c1[N+](=O)[O-]. The highest BCUT2D eigenvalue weighted by molar-refractivity contribution is 5.69. The minimum Gasteiger partial charge on any atom is -0.487 e. The van der Waals surface area contributed by atoms with Crippen LogP contribution in [-0.4, -0.2) is 52.7 Å². The average Bonchev–Trinajstić information content (AvgIpc) is 2.48. The Morgan fingerprint density at radius 3 is 2.71 bits per heavy atom. The van der Waals surface area contributed by atoms with Crippen LogP contribution in [0.2, 0.25) is 0 Å². The molecule has 0 aliphatic heterocycles. The number of nitrogens with one attached hydrogen (secondary N) is 1. The zero-order chi connectivity index (χ0) is 17.7. The third-order valence-corrected chi connectivity index (χ3v) is 4.22. The molecule has 132 valence electrons. The highest BCUT2D eigenvalue weighted by Gasteiger charge is 2.35. The van der Waals surface area contributed by atoms with E-state index in [2.05, 4.69) is 5.32 Å². The van der Waals surface area contributed by atoms with E-state index >= 15 is 0 Å². The topological polar surface area (TPSA) is 105 Å². The molecule has 0 radical (unpaired) electrons. The van der Waals surface area contributed by atoms with Gasteiger partial charge in [0, 0.05) is 12.1 Å². The summed E-state index contributed by atoms with van der Waals surface area (Å²) in [7, 11) is 0. The lowest BCUT2D eigenvalue weighted by molar-refractivity contribution is -0.385. The quantitative estimate of drug-likeness (QED) is 0.526. The Balaban J connectivity index is 2.02. The smallest absolute Gasteiger partial charge is 0.333 e. The van der Waals surface area contributed by atoms with E-state index in [-0.39, 0.29) is 30.1 Å². The van der Waals surface area contributed by atoms with E-state index in [1.54, 1.807) is 25.1 Å². The number of carboxylic acid groups (broad SMARTS) is 1. The average molecular weight is 337 g/mol. The maximum absolute atomic E-state index is 11.4. The minimum atomic E-state index is -0.840. The van der Waals surface area contributed by atoms with Crippen LogP contribution in [0.1, 0.15) is 26.7 Å². The number of nitrogens with zero attached hydrogens (tertiary/aromatic N) is 2. The van der Waals surface area contributed by atoms with Gasteiger partial charge in [0.25, 0.3) is 0 Å². The molecule has 0 unspecified atom stereocenters. The molecular formula is C16H23N3O5. The molecule has 0 bridgehead atoms. The molecule has 1 aromatic carbocycles. The molecule has 8 heteroatoms. The van der Waals surface area contributed by atoms with Crippen molar-refractivity contribution in [1.29, 1.82) is 0 Å². The molecule has 2 N–H and O–H groups in total. The molecular weight excluding hydrogens is 314 g/mol. The van der Waals surface area contributed by atoms with Gasteiger partial charge in [-0.3, -0.25) is 19.8 Å². The highest BCUT2D eigenvalue weighted by Crippen LogP contribution is 2.37. The van der Waals surface area contributed by atoms with E-state index in [0.717, 1.165) is 12.8 Å². The monoisotopic (exact) mass is 337 g/mol. The number of benzene rings is 1. The van der Waals surface area contributed by atoms with Gasteiger partial charge in [-0.2, -0.15) is 0 Å². The number of likely N-dealkylation sites (N-methyl/N-ethyl adjacent to an activating group) is 1. The number of nitro benzene ring substituents is 1. The molecule has 0 aromatic heterocycles. The Kier molecular flexibility index (Phi) is 5.97. The molecule has 2 rings (SSSR count). The van der Waals surface area contributed by atoms with Gasteiger partial charge in [0.1, 0.15) is 5.69 Å². The molecule has 0 atom stereocenters. The number of hydrogen-bond donors (Lipinski definition) is 2. The molecule has 1 aliphatic rings. The van der Waals surface area contributed by atoms with E-state index in [1.165, 1.54) is 0 Å². The Morgan fingerprint density at radius 2 is 2.17 bits per heavy atom. The second-order valence-corrected chi connectivity index (χ2v) is 5.77. The first kappa shape index (κ1) is 18.0. The third kappa shape index (κ3) is 4.14. The van der Waals surface area contributed by atoms with Crippen molar-refractivity contribution in [2.75, 3.05) is 25.0 Å². The van der Waals surface area contributed by atoms with Crippen LogP contribution in [0.3, 0.4) is 0 Å². The van der Waals surface area contributed by atoms with Crippen LogP contribution in [0.15, 0.2) is 18.2 Å². The first-order valence-electron chi connectivity index (χ1n) is 8.08. The van der Waals surface area contributed by atoms with Crippen LogP contribution in [0, 0.1) is 10.1 Å². The number of aliphatic carboxylic acids is 1. The zero-order valence-electron chi connectivity index (χ0n) is 13.9. The molecule has 0 amide bonds. The second-order valence-electron chi connectivity index (χ2n) is 5.77. The Morgan fingerprint density at radius 1 is 1.46 bits per heavy atom. The summed E-state index contributed by atoms with van der Waals surface area (Å²) in [5.41, 5.74) is 0.386. The van der Waals surface area contributed by atoms with Gasteiger partial charge in [-0.25, -0.2) is 0 Å². The first-order chi connectivity index (χ1) is 11.5. The molecule has 1 aliphatic carbocycles. The number of hydrogen-bond acceptors (Lipinski definition) is 6. The molecule has 1 fully saturated rings. The minimum absolute atomic E-state index is 0.0217. The van der Waals surface area contributed by atoms with Gasteiger partial charge >= 0.3 is 11.7 Å². The van der Waals surface area contributed by atoms with Crippen LogP contribution in [0.5, 0.6) is 5.75 Å². The summed E-state index contributed by atoms with van der Waals surface area (Å²) in [5.74, 6) is -0.585.